The lowest BCUT2D eigenvalue weighted by atomic mass is 9.81. The van der Waals surface area contributed by atoms with Crippen molar-refractivity contribution in [3.63, 3.8) is 0 Å². The number of allylic oxidation sites excluding steroid dienone is 1. The normalized spacial score (nSPS) is 26.9. The maximum Gasteiger partial charge on any atom is 0.0640 e. The van der Waals surface area contributed by atoms with E-state index in [1.807, 2.05) is 0 Å². The third-order valence-electron chi connectivity index (χ3n) is 3.52. The number of aliphatic imine (C=N–C) groups is 1. The summed E-state index contributed by atoms with van der Waals surface area (Å²) >= 11 is 0. The fourth-order valence-corrected chi connectivity index (χ4v) is 2.01. The van der Waals surface area contributed by atoms with E-state index in [2.05, 4.69) is 47.6 Å². The van der Waals surface area contributed by atoms with Gasteiger partial charge in [-0.05, 0) is 44.1 Å². The molecule has 1 aliphatic heterocycles. The minimum atomic E-state index is 0.130. The van der Waals surface area contributed by atoms with Gasteiger partial charge in [0.1, 0.15) is 0 Å². The Bertz CT molecular complexity index is 284. The van der Waals surface area contributed by atoms with E-state index in [1.165, 1.54) is 17.7 Å². The molecule has 1 nitrogen and oxygen atoms in total. The lowest BCUT2D eigenvalue weighted by molar-refractivity contribution is 0.342. The third kappa shape index (κ3) is 2.93. The van der Waals surface area contributed by atoms with Gasteiger partial charge in [0.05, 0.1) is 5.54 Å². The first-order valence-electron chi connectivity index (χ1n) is 6.11. The van der Waals surface area contributed by atoms with Gasteiger partial charge in [-0.3, -0.25) is 4.99 Å². The summed E-state index contributed by atoms with van der Waals surface area (Å²) in [5, 5.41) is 0. The summed E-state index contributed by atoms with van der Waals surface area (Å²) in [6, 6.07) is 0. The van der Waals surface area contributed by atoms with E-state index >= 15 is 0 Å². The van der Waals surface area contributed by atoms with Crippen LogP contribution < -0.4 is 0 Å². The molecule has 0 bridgehead atoms. The predicted molar refractivity (Wildman–Crippen MR) is 68.5 cm³/mol. The average Bonchev–Trinajstić information content (AvgIpc) is 2.09. The lowest BCUT2D eigenvalue weighted by Gasteiger charge is -2.33. The van der Waals surface area contributed by atoms with E-state index in [0.717, 1.165) is 12.3 Å². The van der Waals surface area contributed by atoms with Gasteiger partial charge < -0.3 is 0 Å². The Morgan fingerprint density at radius 2 is 1.93 bits per heavy atom. The molecule has 15 heavy (non-hydrogen) atoms. The zero-order chi connectivity index (χ0) is 11.6. The van der Waals surface area contributed by atoms with E-state index in [4.69, 9.17) is 4.99 Å². The van der Waals surface area contributed by atoms with Crippen molar-refractivity contribution in [2.75, 3.05) is 0 Å². The van der Waals surface area contributed by atoms with Crippen molar-refractivity contribution >= 4 is 5.71 Å². The van der Waals surface area contributed by atoms with Crippen molar-refractivity contribution in [2.24, 2.45) is 16.8 Å². The van der Waals surface area contributed by atoms with Crippen molar-refractivity contribution in [1.29, 1.82) is 0 Å². The second kappa shape index (κ2) is 4.51. The molecule has 0 radical (unpaired) electrons. The highest BCUT2D eigenvalue weighted by molar-refractivity contribution is 5.99. The summed E-state index contributed by atoms with van der Waals surface area (Å²) in [5.74, 6) is 1.34. The molecule has 0 aromatic carbocycles. The van der Waals surface area contributed by atoms with Gasteiger partial charge >= 0.3 is 0 Å². The molecule has 0 N–H and O–H groups in total. The van der Waals surface area contributed by atoms with Crippen LogP contribution >= 0.6 is 0 Å². The molecular weight excluding hydrogens is 182 g/mol. The number of dihydropyridines is 1. The van der Waals surface area contributed by atoms with Crippen LogP contribution in [0.25, 0.3) is 0 Å². The van der Waals surface area contributed by atoms with Crippen molar-refractivity contribution < 1.29 is 0 Å². The minimum absolute atomic E-state index is 0.130. The molecule has 0 spiro atoms. The van der Waals surface area contributed by atoms with Crippen LogP contribution in [0, 0.1) is 11.8 Å². The van der Waals surface area contributed by atoms with Gasteiger partial charge in [-0.15, -0.1) is 0 Å². The lowest BCUT2D eigenvalue weighted by Crippen LogP contribution is -2.32. The van der Waals surface area contributed by atoms with E-state index < -0.39 is 0 Å². The maximum absolute atomic E-state index is 4.90. The fraction of sp³-hybridized carbons (Fsp3) is 0.786. The minimum Gasteiger partial charge on any atom is -0.283 e. The molecular formula is C14H25N. The number of nitrogens with zero attached hydrogens (tertiary/aromatic N) is 1. The number of hydrogen-bond acceptors (Lipinski definition) is 1. The standard InChI is InChI=1S/C14H25N/c1-10(2)9-13-7-8-14(6,11(3)4)15-12(13)5/h7,10-11H,8-9H2,1-6H3. The molecule has 1 aliphatic rings. The van der Waals surface area contributed by atoms with Gasteiger partial charge in [0.15, 0.2) is 0 Å². The fourth-order valence-electron chi connectivity index (χ4n) is 2.01. The molecule has 0 aliphatic carbocycles. The van der Waals surface area contributed by atoms with Gasteiger partial charge in [0.2, 0.25) is 0 Å². The van der Waals surface area contributed by atoms with Gasteiger partial charge in [-0.2, -0.15) is 0 Å². The summed E-state index contributed by atoms with van der Waals surface area (Å²) in [5.41, 5.74) is 2.85. The first-order chi connectivity index (χ1) is 6.85. The Balaban J connectivity index is 2.80. The van der Waals surface area contributed by atoms with Crippen molar-refractivity contribution in [3.8, 4) is 0 Å². The first kappa shape index (κ1) is 12.5. The van der Waals surface area contributed by atoms with Gasteiger partial charge in [0.25, 0.3) is 0 Å². The number of rotatable bonds is 3. The SMILES string of the molecule is CC1=NC(C)(C(C)C)CC=C1CC(C)C. The Morgan fingerprint density at radius 1 is 1.33 bits per heavy atom. The highest BCUT2D eigenvalue weighted by Crippen LogP contribution is 2.32. The largest absolute Gasteiger partial charge is 0.283 e. The van der Waals surface area contributed by atoms with Crippen molar-refractivity contribution in [2.45, 2.75) is 59.9 Å². The molecule has 1 rings (SSSR count). The first-order valence-corrected chi connectivity index (χ1v) is 6.11. The topological polar surface area (TPSA) is 12.4 Å². The molecule has 1 unspecified atom stereocenters. The zero-order valence-electron chi connectivity index (χ0n) is 11.1. The summed E-state index contributed by atoms with van der Waals surface area (Å²) in [6.07, 6.45) is 4.68. The second-order valence-corrected chi connectivity index (χ2v) is 5.74. The highest BCUT2D eigenvalue weighted by Gasteiger charge is 2.29. The van der Waals surface area contributed by atoms with Gasteiger partial charge in [0, 0.05) is 5.71 Å². The molecule has 0 saturated heterocycles. The van der Waals surface area contributed by atoms with E-state index in [-0.39, 0.29) is 5.54 Å². The zero-order valence-corrected chi connectivity index (χ0v) is 11.1. The molecule has 86 valence electrons. The van der Waals surface area contributed by atoms with Crippen LogP contribution in [0.1, 0.15) is 54.4 Å². The highest BCUT2D eigenvalue weighted by atomic mass is 14.9. The maximum atomic E-state index is 4.90. The molecule has 1 atom stereocenters. The van der Waals surface area contributed by atoms with Crippen LogP contribution in [0.5, 0.6) is 0 Å². The van der Waals surface area contributed by atoms with Crippen molar-refractivity contribution in [3.05, 3.63) is 11.6 Å². The predicted octanol–water partition coefficient (Wildman–Crippen LogP) is 4.24. The average molecular weight is 207 g/mol. The molecule has 1 heteroatoms. The van der Waals surface area contributed by atoms with Crippen LogP contribution in [-0.4, -0.2) is 11.3 Å². The summed E-state index contributed by atoms with van der Waals surface area (Å²) < 4.78 is 0. The molecule has 0 saturated carbocycles. The number of hydrogen-bond donors (Lipinski definition) is 0. The van der Waals surface area contributed by atoms with Crippen LogP contribution in [0.2, 0.25) is 0 Å². The smallest absolute Gasteiger partial charge is 0.0640 e. The second-order valence-electron chi connectivity index (χ2n) is 5.74. The summed E-state index contributed by atoms with van der Waals surface area (Å²) in [6.45, 7) is 13.5. The van der Waals surface area contributed by atoms with Gasteiger partial charge in [-0.25, -0.2) is 0 Å². The quantitative estimate of drug-likeness (QED) is 0.656. The molecule has 1 heterocycles. The van der Waals surface area contributed by atoms with Crippen LogP contribution in [0.15, 0.2) is 16.6 Å². The third-order valence-corrected chi connectivity index (χ3v) is 3.52. The van der Waals surface area contributed by atoms with E-state index in [0.29, 0.717) is 5.92 Å². The van der Waals surface area contributed by atoms with E-state index in [1.54, 1.807) is 0 Å². The van der Waals surface area contributed by atoms with E-state index in [9.17, 15) is 0 Å². The molecule has 0 aromatic rings. The Labute approximate surface area is 94.7 Å². The Morgan fingerprint density at radius 3 is 2.33 bits per heavy atom. The molecule has 0 amide bonds. The Hall–Kier alpha value is -0.590. The summed E-state index contributed by atoms with van der Waals surface area (Å²) in [7, 11) is 0. The molecule has 0 fully saturated rings. The van der Waals surface area contributed by atoms with Crippen LogP contribution in [0.4, 0.5) is 0 Å². The van der Waals surface area contributed by atoms with Crippen molar-refractivity contribution in [1.82, 2.24) is 0 Å². The van der Waals surface area contributed by atoms with Gasteiger partial charge in [-0.1, -0.05) is 33.8 Å². The van der Waals surface area contributed by atoms with Crippen LogP contribution in [-0.2, 0) is 0 Å². The van der Waals surface area contributed by atoms with Crippen LogP contribution in [0.3, 0.4) is 0 Å². The Kier molecular flexibility index (Phi) is 3.75. The summed E-state index contributed by atoms with van der Waals surface area (Å²) in [4.78, 5) is 4.90. The monoisotopic (exact) mass is 207 g/mol. The molecule has 0 aromatic heterocycles.